The van der Waals surface area contributed by atoms with Crippen molar-refractivity contribution in [2.75, 3.05) is 7.11 Å². The Bertz CT molecular complexity index is 1410. The highest BCUT2D eigenvalue weighted by Gasteiger charge is 2.57. The normalized spacial score (nSPS) is 27.4. The molecule has 0 bridgehead atoms. The lowest BCUT2D eigenvalue weighted by Gasteiger charge is -2.42. The van der Waals surface area contributed by atoms with E-state index in [9.17, 15) is 29.1 Å². The van der Waals surface area contributed by atoms with Crippen molar-refractivity contribution in [3.8, 4) is 11.5 Å². The number of likely N-dealkylation sites (tertiary alicyclic amines) is 1. The maximum atomic E-state index is 13.3. The maximum absolute atomic E-state index is 13.3. The summed E-state index contributed by atoms with van der Waals surface area (Å²) >= 11 is 10.0. The molecule has 9 nitrogen and oxygen atoms in total. The fourth-order valence-electron chi connectivity index (χ4n) is 5.76. The van der Waals surface area contributed by atoms with E-state index in [1.54, 1.807) is 12.1 Å². The largest absolute Gasteiger partial charge is 0.503 e. The van der Waals surface area contributed by atoms with Gasteiger partial charge in [-0.05, 0) is 78.2 Å². The molecule has 3 N–H and O–H groups in total. The Balaban J connectivity index is 1.76. The van der Waals surface area contributed by atoms with Crippen molar-refractivity contribution in [2.45, 2.75) is 18.8 Å². The summed E-state index contributed by atoms with van der Waals surface area (Å²) < 4.78 is 6.14. The summed E-state index contributed by atoms with van der Waals surface area (Å²) in [6, 6.07) is 0.426. The zero-order valence-electron chi connectivity index (χ0n) is 18.5. The van der Waals surface area contributed by atoms with E-state index in [-0.39, 0.29) is 56.0 Å². The first kappa shape index (κ1) is 25.1. The highest BCUT2D eigenvalue weighted by Crippen LogP contribution is 2.57. The standard InChI is InChI=1S/C24H17Br3N2O7/c1-36-14-5-10(18(26)19(27)21(14)32)15-7-2-3-8-16(23(34)29(22(8)33)24(28)35)9(7)4-11-17(15)13(30)6-12(25)20(11)31/h2,5-6,8-9,15-16,32H,3-4H2,1H3,(H2,28,35). The first-order chi connectivity index (χ1) is 17.0. The van der Waals surface area contributed by atoms with E-state index in [2.05, 4.69) is 47.8 Å². The molecular formula is C24H17Br3N2O7. The number of nitrogens with zero attached hydrogens (tertiary/aromatic N) is 1. The Morgan fingerprint density at radius 1 is 1.11 bits per heavy atom. The number of Topliss-reactive ketones (excluding diaryl/α,β-unsaturated/α-hetero) is 1. The molecule has 3 aliphatic carbocycles. The van der Waals surface area contributed by atoms with E-state index in [0.29, 0.717) is 20.5 Å². The van der Waals surface area contributed by atoms with Crippen LogP contribution in [0.25, 0.3) is 0 Å². The third-order valence-corrected chi connectivity index (χ3v) is 10.0. The minimum Gasteiger partial charge on any atom is -0.503 e. The topological polar surface area (TPSA) is 144 Å². The van der Waals surface area contributed by atoms with E-state index in [1.165, 1.54) is 13.2 Å². The van der Waals surface area contributed by atoms with E-state index in [1.807, 2.05) is 0 Å². The first-order valence-electron chi connectivity index (χ1n) is 10.8. The SMILES string of the molecule is COc1cc(C2C3=CCC4C(=O)N(C(N)=O)C(=O)C4C3CC3=C2C(=O)C=C(Br)C3=O)c(Br)c(Br)c1O. The third-order valence-electron chi connectivity index (χ3n) is 7.26. The number of allylic oxidation sites excluding steroid dienone is 6. The van der Waals surface area contributed by atoms with Crippen LogP contribution in [0.3, 0.4) is 0 Å². The molecule has 186 valence electrons. The predicted molar refractivity (Wildman–Crippen MR) is 136 cm³/mol. The Morgan fingerprint density at radius 2 is 1.81 bits per heavy atom. The average Bonchev–Trinajstić information content (AvgIpc) is 3.10. The van der Waals surface area contributed by atoms with Crippen molar-refractivity contribution >= 4 is 77.2 Å². The second-order valence-corrected chi connectivity index (χ2v) is 11.3. The van der Waals surface area contributed by atoms with Gasteiger partial charge < -0.3 is 15.6 Å². The van der Waals surface area contributed by atoms with Crippen LogP contribution in [-0.2, 0) is 19.2 Å². The van der Waals surface area contributed by atoms with E-state index < -0.39 is 41.5 Å². The smallest absolute Gasteiger partial charge is 0.328 e. The van der Waals surface area contributed by atoms with Crippen molar-refractivity contribution in [1.29, 1.82) is 0 Å². The molecule has 1 fully saturated rings. The van der Waals surface area contributed by atoms with Crippen molar-refractivity contribution < 1.29 is 33.8 Å². The van der Waals surface area contributed by atoms with Gasteiger partial charge in [-0.25, -0.2) is 4.79 Å². The number of urea groups is 1. The van der Waals surface area contributed by atoms with Gasteiger partial charge in [0.05, 0.1) is 27.9 Å². The quantitative estimate of drug-likeness (QED) is 0.274. The van der Waals surface area contributed by atoms with Gasteiger partial charge in [-0.3, -0.25) is 19.2 Å². The summed E-state index contributed by atoms with van der Waals surface area (Å²) in [5, 5.41) is 10.5. The number of ketones is 2. The van der Waals surface area contributed by atoms with Gasteiger partial charge in [0.15, 0.2) is 23.1 Å². The molecule has 36 heavy (non-hydrogen) atoms. The van der Waals surface area contributed by atoms with Crippen molar-refractivity contribution in [3.63, 3.8) is 0 Å². The number of phenols is 1. The lowest BCUT2D eigenvalue weighted by atomic mass is 9.59. The molecule has 0 spiro atoms. The van der Waals surface area contributed by atoms with E-state index in [0.717, 1.165) is 0 Å². The van der Waals surface area contributed by atoms with Crippen LogP contribution in [-0.4, -0.2) is 46.5 Å². The molecule has 5 rings (SSSR count). The minimum atomic E-state index is -1.14. The molecule has 1 heterocycles. The van der Waals surface area contributed by atoms with Crippen LogP contribution < -0.4 is 10.5 Å². The Hall–Kier alpha value is -2.57. The third kappa shape index (κ3) is 3.41. The monoisotopic (exact) mass is 682 g/mol. The fraction of sp³-hybridized carbons (Fsp3) is 0.292. The number of carbonyl (C=O) groups excluding carboxylic acids is 5. The van der Waals surface area contributed by atoms with Gasteiger partial charge in [0.2, 0.25) is 11.8 Å². The second kappa shape index (κ2) is 8.77. The van der Waals surface area contributed by atoms with Gasteiger partial charge in [-0.2, -0.15) is 4.90 Å². The van der Waals surface area contributed by atoms with Gasteiger partial charge >= 0.3 is 6.03 Å². The molecule has 1 aromatic carbocycles. The number of imide groups is 3. The number of nitrogens with two attached hydrogens (primary N) is 1. The molecule has 4 unspecified atom stereocenters. The second-order valence-electron chi connectivity index (χ2n) is 8.89. The number of carbonyl (C=O) groups is 5. The number of primary amides is 1. The highest BCUT2D eigenvalue weighted by molar-refractivity contribution is 9.13. The molecule has 4 aliphatic rings. The highest BCUT2D eigenvalue weighted by atomic mass is 79.9. The van der Waals surface area contributed by atoms with Crippen molar-refractivity contribution in [3.05, 3.63) is 53.9 Å². The van der Waals surface area contributed by atoms with Crippen LogP contribution in [0.1, 0.15) is 24.3 Å². The van der Waals surface area contributed by atoms with Crippen LogP contribution in [0.15, 0.2) is 48.4 Å². The molecule has 0 radical (unpaired) electrons. The number of halogens is 3. The number of amides is 4. The molecule has 12 heteroatoms. The number of methoxy groups -OCH3 is 1. The van der Waals surface area contributed by atoms with Crippen LogP contribution in [0.5, 0.6) is 11.5 Å². The minimum absolute atomic E-state index is 0.0476. The first-order valence-corrected chi connectivity index (χ1v) is 13.2. The molecule has 1 aromatic rings. The summed E-state index contributed by atoms with van der Waals surface area (Å²) in [5.74, 6) is -5.25. The Morgan fingerprint density at radius 3 is 2.44 bits per heavy atom. The number of phenolic OH excluding ortho intramolecular Hbond substituents is 1. The van der Waals surface area contributed by atoms with Crippen molar-refractivity contribution in [1.82, 2.24) is 4.90 Å². The number of benzene rings is 1. The number of rotatable bonds is 2. The number of aromatic hydroxyl groups is 1. The zero-order chi connectivity index (χ0) is 26.2. The summed E-state index contributed by atoms with van der Waals surface area (Å²) in [5.41, 5.74) is 7.01. The molecule has 1 aliphatic heterocycles. The van der Waals surface area contributed by atoms with Gasteiger partial charge in [-0.1, -0.05) is 11.6 Å². The summed E-state index contributed by atoms with van der Waals surface area (Å²) in [7, 11) is 1.38. The number of hydrogen-bond acceptors (Lipinski definition) is 7. The maximum Gasteiger partial charge on any atom is 0.328 e. The number of hydrogen-bond donors (Lipinski definition) is 2. The lowest BCUT2D eigenvalue weighted by Crippen LogP contribution is -2.42. The van der Waals surface area contributed by atoms with Gasteiger partial charge in [0, 0.05) is 27.6 Å². The summed E-state index contributed by atoms with van der Waals surface area (Å²) in [6.07, 6.45) is 3.24. The van der Waals surface area contributed by atoms with Gasteiger partial charge in [0.1, 0.15) is 0 Å². The zero-order valence-corrected chi connectivity index (χ0v) is 23.3. The summed E-state index contributed by atoms with van der Waals surface area (Å²) in [4.78, 5) is 65.0. The van der Waals surface area contributed by atoms with Crippen LogP contribution >= 0.6 is 47.8 Å². The van der Waals surface area contributed by atoms with E-state index in [4.69, 9.17) is 10.5 Å². The fourth-order valence-corrected chi connectivity index (χ4v) is 7.16. The lowest BCUT2D eigenvalue weighted by molar-refractivity contribution is -0.136. The van der Waals surface area contributed by atoms with Crippen molar-refractivity contribution in [2.24, 2.45) is 23.5 Å². The number of fused-ring (bicyclic) bond motifs is 3. The van der Waals surface area contributed by atoms with E-state index >= 15 is 0 Å². The molecule has 0 saturated carbocycles. The van der Waals surface area contributed by atoms with Gasteiger partial charge in [-0.15, -0.1) is 0 Å². The predicted octanol–water partition coefficient (Wildman–Crippen LogP) is 3.77. The Labute approximate surface area is 229 Å². The molecule has 4 amide bonds. The van der Waals surface area contributed by atoms with Crippen LogP contribution in [0.2, 0.25) is 0 Å². The van der Waals surface area contributed by atoms with Crippen LogP contribution in [0.4, 0.5) is 4.79 Å². The number of ether oxygens (including phenoxy) is 1. The van der Waals surface area contributed by atoms with Gasteiger partial charge in [0.25, 0.3) is 0 Å². The Kier molecular flexibility index (Phi) is 6.12. The summed E-state index contributed by atoms with van der Waals surface area (Å²) in [6.45, 7) is 0. The van der Waals surface area contributed by atoms with Crippen LogP contribution in [0, 0.1) is 17.8 Å². The average molecular weight is 685 g/mol. The molecule has 1 saturated heterocycles. The molecular weight excluding hydrogens is 668 g/mol. The molecule has 4 atom stereocenters. The molecule has 0 aromatic heterocycles.